The van der Waals surface area contributed by atoms with Crippen LogP contribution in [0, 0.1) is 0 Å². The third-order valence-electron chi connectivity index (χ3n) is 3.99. The SMILES string of the molecule is CCOc1ccccc1Nc1ncc(C(=O)Nc2ccc(N(C)C)cc2)cn1. The molecule has 0 saturated heterocycles. The van der Waals surface area contributed by atoms with Crippen LogP contribution < -0.4 is 20.3 Å². The van der Waals surface area contributed by atoms with Crippen molar-refractivity contribution in [1.29, 1.82) is 0 Å². The number of aromatic nitrogens is 2. The van der Waals surface area contributed by atoms with Crippen LogP contribution in [0.5, 0.6) is 5.75 Å². The van der Waals surface area contributed by atoms with Gasteiger partial charge < -0.3 is 20.3 Å². The first kappa shape index (κ1) is 19.2. The lowest BCUT2D eigenvalue weighted by Gasteiger charge is -2.13. The Balaban J connectivity index is 1.66. The molecule has 0 radical (unpaired) electrons. The Bertz CT molecular complexity index is 924. The number of anilines is 4. The monoisotopic (exact) mass is 377 g/mol. The first-order valence-corrected chi connectivity index (χ1v) is 8.96. The van der Waals surface area contributed by atoms with E-state index in [1.807, 2.05) is 74.4 Å². The van der Waals surface area contributed by atoms with E-state index in [-0.39, 0.29) is 5.91 Å². The van der Waals surface area contributed by atoms with E-state index in [9.17, 15) is 4.79 Å². The molecule has 1 aromatic heterocycles. The minimum absolute atomic E-state index is 0.265. The van der Waals surface area contributed by atoms with E-state index in [2.05, 4.69) is 20.6 Å². The highest BCUT2D eigenvalue weighted by atomic mass is 16.5. The van der Waals surface area contributed by atoms with Crippen LogP contribution in [0.2, 0.25) is 0 Å². The quantitative estimate of drug-likeness (QED) is 0.649. The summed E-state index contributed by atoms with van der Waals surface area (Å²) in [6.07, 6.45) is 2.98. The lowest BCUT2D eigenvalue weighted by Crippen LogP contribution is -2.13. The first-order valence-electron chi connectivity index (χ1n) is 8.96. The average Bonchev–Trinajstić information content (AvgIpc) is 2.70. The summed E-state index contributed by atoms with van der Waals surface area (Å²) in [5, 5.41) is 5.95. The summed E-state index contributed by atoms with van der Waals surface area (Å²) >= 11 is 0. The molecule has 7 heteroatoms. The van der Waals surface area contributed by atoms with Crippen molar-refractivity contribution < 1.29 is 9.53 Å². The number of rotatable bonds is 7. The molecule has 3 aromatic rings. The zero-order valence-corrected chi connectivity index (χ0v) is 16.1. The summed E-state index contributed by atoms with van der Waals surface area (Å²) in [6.45, 7) is 2.49. The normalized spacial score (nSPS) is 10.2. The minimum Gasteiger partial charge on any atom is -0.492 e. The van der Waals surface area contributed by atoms with E-state index in [1.54, 1.807) is 0 Å². The standard InChI is InChI=1S/C21H23N5O2/c1-4-28-19-8-6-5-7-18(19)25-21-22-13-15(14-23-21)20(27)24-16-9-11-17(12-10-16)26(2)3/h5-14H,4H2,1-3H3,(H,24,27)(H,22,23,25). The molecule has 3 rings (SSSR count). The zero-order chi connectivity index (χ0) is 19.9. The third kappa shape index (κ3) is 4.76. The molecular weight excluding hydrogens is 354 g/mol. The summed E-state index contributed by atoms with van der Waals surface area (Å²) < 4.78 is 5.58. The minimum atomic E-state index is -0.265. The van der Waals surface area contributed by atoms with Crippen LogP contribution in [-0.4, -0.2) is 36.6 Å². The van der Waals surface area contributed by atoms with E-state index < -0.39 is 0 Å². The Hall–Kier alpha value is -3.61. The summed E-state index contributed by atoms with van der Waals surface area (Å²) in [5.41, 5.74) is 2.91. The van der Waals surface area contributed by atoms with Gasteiger partial charge in [-0.25, -0.2) is 9.97 Å². The van der Waals surface area contributed by atoms with E-state index in [1.165, 1.54) is 12.4 Å². The van der Waals surface area contributed by atoms with Crippen molar-refractivity contribution in [2.45, 2.75) is 6.92 Å². The molecule has 0 fully saturated rings. The molecule has 2 aromatic carbocycles. The fourth-order valence-corrected chi connectivity index (χ4v) is 2.53. The van der Waals surface area contributed by atoms with Crippen LogP contribution in [0.25, 0.3) is 0 Å². The molecule has 0 atom stereocenters. The van der Waals surface area contributed by atoms with Gasteiger partial charge in [-0.15, -0.1) is 0 Å². The summed E-state index contributed by atoms with van der Waals surface area (Å²) in [6, 6.07) is 15.1. The highest BCUT2D eigenvalue weighted by Crippen LogP contribution is 2.26. The number of carbonyl (C=O) groups is 1. The number of nitrogens with one attached hydrogen (secondary N) is 2. The molecule has 0 bridgehead atoms. The van der Waals surface area contributed by atoms with Crippen molar-refractivity contribution in [2.75, 3.05) is 36.2 Å². The molecule has 7 nitrogen and oxygen atoms in total. The Morgan fingerprint density at radius 1 is 1.04 bits per heavy atom. The van der Waals surface area contributed by atoms with Crippen LogP contribution >= 0.6 is 0 Å². The maximum atomic E-state index is 12.4. The van der Waals surface area contributed by atoms with Gasteiger partial charge in [-0.2, -0.15) is 0 Å². The Morgan fingerprint density at radius 2 is 1.71 bits per heavy atom. The van der Waals surface area contributed by atoms with E-state index in [0.29, 0.717) is 23.8 Å². The number of carbonyl (C=O) groups excluding carboxylic acids is 1. The molecule has 28 heavy (non-hydrogen) atoms. The van der Waals surface area contributed by atoms with Crippen molar-refractivity contribution in [3.05, 3.63) is 66.5 Å². The smallest absolute Gasteiger partial charge is 0.258 e. The molecule has 0 saturated carbocycles. The zero-order valence-electron chi connectivity index (χ0n) is 16.1. The summed E-state index contributed by atoms with van der Waals surface area (Å²) in [5.74, 6) is 0.842. The van der Waals surface area contributed by atoms with Gasteiger partial charge in [-0.3, -0.25) is 4.79 Å². The van der Waals surface area contributed by atoms with Crippen LogP contribution in [0.15, 0.2) is 60.9 Å². The van der Waals surface area contributed by atoms with E-state index in [4.69, 9.17) is 4.74 Å². The molecule has 0 unspecified atom stereocenters. The Kier molecular flexibility index (Phi) is 6.06. The molecule has 0 spiro atoms. The van der Waals surface area contributed by atoms with Gasteiger partial charge in [0.2, 0.25) is 5.95 Å². The average molecular weight is 377 g/mol. The van der Waals surface area contributed by atoms with Gasteiger partial charge in [0, 0.05) is 37.9 Å². The summed E-state index contributed by atoms with van der Waals surface area (Å²) in [7, 11) is 3.93. The highest BCUT2D eigenvalue weighted by Gasteiger charge is 2.09. The van der Waals surface area contributed by atoms with Crippen molar-refractivity contribution in [2.24, 2.45) is 0 Å². The Labute approximate surface area is 164 Å². The van der Waals surface area contributed by atoms with Crippen LogP contribution in [-0.2, 0) is 0 Å². The predicted molar refractivity (Wildman–Crippen MR) is 112 cm³/mol. The van der Waals surface area contributed by atoms with Crippen molar-refractivity contribution in [3.8, 4) is 5.75 Å². The van der Waals surface area contributed by atoms with E-state index in [0.717, 1.165) is 17.1 Å². The number of benzene rings is 2. The van der Waals surface area contributed by atoms with Crippen molar-refractivity contribution in [3.63, 3.8) is 0 Å². The van der Waals surface area contributed by atoms with Gasteiger partial charge in [0.1, 0.15) is 5.75 Å². The second-order valence-corrected chi connectivity index (χ2v) is 6.24. The summed E-state index contributed by atoms with van der Waals surface area (Å²) in [4.78, 5) is 22.9. The largest absolute Gasteiger partial charge is 0.492 e. The fraction of sp³-hybridized carbons (Fsp3) is 0.190. The lowest BCUT2D eigenvalue weighted by atomic mass is 10.2. The number of hydrogen-bond donors (Lipinski definition) is 2. The second-order valence-electron chi connectivity index (χ2n) is 6.24. The first-order chi connectivity index (χ1) is 13.6. The number of ether oxygens (including phenoxy) is 1. The molecule has 0 aliphatic rings. The number of amides is 1. The number of hydrogen-bond acceptors (Lipinski definition) is 6. The van der Waals surface area contributed by atoms with Crippen LogP contribution in [0.1, 0.15) is 17.3 Å². The van der Waals surface area contributed by atoms with Gasteiger partial charge in [-0.1, -0.05) is 12.1 Å². The fourth-order valence-electron chi connectivity index (χ4n) is 2.53. The van der Waals surface area contributed by atoms with Crippen molar-refractivity contribution in [1.82, 2.24) is 9.97 Å². The second kappa shape index (κ2) is 8.85. The van der Waals surface area contributed by atoms with Crippen molar-refractivity contribution >= 4 is 28.9 Å². The predicted octanol–water partition coefficient (Wildman–Crippen LogP) is 3.94. The highest BCUT2D eigenvalue weighted by molar-refractivity contribution is 6.04. The molecule has 2 N–H and O–H groups in total. The molecule has 1 heterocycles. The maximum Gasteiger partial charge on any atom is 0.258 e. The van der Waals surface area contributed by atoms with Gasteiger partial charge in [0.25, 0.3) is 5.91 Å². The Morgan fingerprint density at radius 3 is 2.36 bits per heavy atom. The van der Waals surface area contributed by atoms with Gasteiger partial charge in [0.15, 0.2) is 0 Å². The van der Waals surface area contributed by atoms with E-state index >= 15 is 0 Å². The number of nitrogens with zero attached hydrogens (tertiary/aromatic N) is 3. The lowest BCUT2D eigenvalue weighted by molar-refractivity contribution is 0.102. The molecule has 0 aliphatic carbocycles. The maximum absolute atomic E-state index is 12.4. The van der Waals surface area contributed by atoms with Crippen LogP contribution in [0.3, 0.4) is 0 Å². The van der Waals surface area contributed by atoms with Crippen LogP contribution in [0.4, 0.5) is 23.0 Å². The van der Waals surface area contributed by atoms with Gasteiger partial charge in [-0.05, 0) is 43.3 Å². The molecule has 144 valence electrons. The molecule has 1 amide bonds. The van der Waals surface area contributed by atoms with Gasteiger partial charge in [0.05, 0.1) is 17.9 Å². The molecular formula is C21H23N5O2. The molecule has 0 aliphatic heterocycles. The topological polar surface area (TPSA) is 79.4 Å². The third-order valence-corrected chi connectivity index (χ3v) is 3.99. The van der Waals surface area contributed by atoms with Gasteiger partial charge >= 0.3 is 0 Å². The number of para-hydroxylation sites is 2.